The van der Waals surface area contributed by atoms with E-state index in [9.17, 15) is 14.4 Å². The highest BCUT2D eigenvalue weighted by molar-refractivity contribution is 5.95. The molecule has 0 heterocycles. The number of benzene rings is 1. The minimum Gasteiger partial charge on any atom is -0.496 e. The van der Waals surface area contributed by atoms with Crippen molar-refractivity contribution < 1.29 is 23.9 Å². The molecular weight excluding hydrogens is 300 g/mol. The predicted octanol–water partition coefficient (Wildman–Crippen LogP) is 1.41. The Hall–Kier alpha value is -2.57. The number of urea groups is 1. The first kappa shape index (κ1) is 18.5. The molecule has 2 N–H and O–H groups in total. The van der Waals surface area contributed by atoms with E-state index in [-0.39, 0.29) is 6.42 Å². The number of carbonyl (C=O) groups excluding carboxylic acids is 3. The number of hydrogen-bond donors (Lipinski definition) is 2. The number of carbonyl (C=O) groups is 3. The number of rotatable bonds is 5. The zero-order chi connectivity index (χ0) is 17.5. The number of methoxy groups -OCH3 is 1. The summed E-state index contributed by atoms with van der Waals surface area (Å²) in [5.74, 6) is -0.709. The molecule has 0 aliphatic carbocycles. The van der Waals surface area contributed by atoms with Crippen LogP contribution in [0, 0.1) is 0 Å². The van der Waals surface area contributed by atoms with E-state index in [2.05, 4.69) is 10.6 Å². The van der Waals surface area contributed by atoms with Crippen LogP contribution in [-0.2, 0) is 20.7 Å². The third-order valence-corrected chi connectivity index (χ3v) is 2.63. The molecule has 126 valence electrons. The standard InChI is InChI=1S/C16H22N2O5/c1-16(2,3)18-15(21)17-13(19)10-23-14(20)9-11-7-5-6-8-12(11)22-4/h5-8H,9-10H2,1-4H3,(H2,17,18,19,21). The first-order chi connectivity index (χ1) is 10.7. The largest absolute Gasteiger partial charge is 0.496 e. The summed E-state index contributed by atoms with van der Waals surface area (Å²) in [6, 6.07) is 6.38. The van der Waals surface area contributed by atoms with Crippen LogP contribution < -0.4 is 15.4 Å². The van der Waals surface area contributed by atoms with Crippen molar-refractivity contribution in [1.82, 2.24) is 10.6 Å². The average Bonchev–Trinajstić information content (AvgIpc) is 2.43. The van der Waals surface area contributed by atoms with Crippen molar-refractivity contribution in [2.75, 3.05) is 13.7 Å². The Balaban J connectivity index is 2.41. The van der Waals surface area contributed by atoms with Crippen LogP contribution in [0.25, 0.3) is 0 Å². The van der Waals surface area contributed by atoms with Crippen LogP contribution in [0.3, 0.4) is 0 Å². The van der Waals surface area contributed by atoms with E-state index < -0.39 is 30.1 Å². The van der Waals surface area contributed by atoms with Gasteiger partial charge in [0.25, 0.3) is 5.91 Å². The smallest absolute Gasteiger partial charge is 0.321 e. The van der Waals surface area contributed by atoms with Gasteiger partial charge in [-0.1, -0.05) is 18.2 Å². The monoisotopic (exact) mass is 322 g/mol. The van der Waals surface area contributed by atoms with Crippen molar-refractivity contribution in [3.8, 4) is 5.75 Å². The molecule has 3 amide bonds. The molecule has 0 atom stereocenters. The maximum absolute atomic E-state index is 11.7. The van der Waals surface area contributed by atoms with Crippen molar-refractivity contribution in [1.29, 1.82) is 0 Å². The van der Waals surface area contributed by atoms with Crippen LogP contribution in [-0.4, -0.2) is 37.2 Å². The first-order valence-corrected chi connectivity index (χ1v) is 7.11. The molecule has 0 aliphatic rings. The van der Waals surface area contributed by atoms with Crippen LogP contribution in [0.4, 0.5) is 4.79 Å². The van der Waals surface area contributed by atoms with Gasteiger partial charge >= 0.3 is 12.0 Å². The fourth-order valence-corrected chi connectivity index (χ4v) is 1.74. The number of hydrogen-bond acceptors (Lipinski definition) is 5. The molecule has 1 rings (SSSR count). The Morgan fingerprint density at radius 1 is 1.13 bits per heavy atom. The summed E-state index contributed by atoms with van der Waals surface area (Å²) in [5.41, 5.74) is 0.191. The molecule has 23 heavy (non-hydrogen) atoms. The maximum Gasteiger partial charge on any atom is 0.321 e. The molecule has 7 heteroatoms. The highest BCUT2D eigenvalue weighted by Crippen LogP contribution is 2.17. The summed E-state index contributed by atoms with van der Waals surface area (Å²) in [5, 5.41) is 4.65. The number of nitrogens with one attached hydrogen (secondary N) is 2. The van der Waals surface area contributed by atoms with E-state index in [1.807, 2.05) is 0 Å². The van der Waals surface area contributed by atoms with Gasteiger partial charge in [0.05, 0.1) is 13.5 Å². The van der Waals surface area contributed by atoms with Crippen LogP contribution >= 0.6 is 0 Å². The van der Waals surface area contributed by atoms with Gasteiger partial charge in [0, 0.05) is 11.1 Å². The molecule has 0 aliphatic heterocycles. The van der Waals surface area contributed by atoms with Gasteiger partial charge in [0.1, 0.15) is 5.75 Å². The van der Waals surface area contributed by atoms with Crippen molar-refractivity contribution in [3.63, 3.8) is 0 Å². The van der Waals surface area contributed by atoms with E-state index in [0.29, 0.717) is 11.3 Å². The van der Waals surface area contributed by atoms with E-state index >= 15 is 0 Å². The summed E-state index contributed by atoms with van der Waals surface area (Å²) in [4.78, 5) is 34.8. The third-order valence-electron chi connectivity index (χ3n) is 2.63. The summed E-state index contributed by atoms with van der Waals surface area (Å²) < 4.78 is 9.98. The van der Waals surface area contributed by atoms with E-state index in [4.69, 9.17) is 9.47 Å². The van der Waals surface area contributed by atoms with Crippen molar-refractivity contribution in [2.24, 2.45) is 0 Å². The number of esters is 1. The minimum atomic E-state index is -0.694. The normalized spacial score (nSPS) is 10.6. The molecule has 0 radical (unpaired) electrons. The molecule has 0 saturated heterocycles. The fraction of sp³-hybridized carbons (Fsp3) is 0.438. The van der Waals surface area contributed by atoms with Crippen LogP contribution in [0.1, 0.15) is 26.3 Å². The highest BCUT2D eigenvalue weighted by atomic mass is 16.5. The van der Waals surface area contributed by atoms with Gasteiger partial charge in [-0.3, -0.25) is 14.9 Å². The fourth-order valence-electron chi connectivity index (χ4n) is 1.74. The second-order valence-corrected chi connectivity index (χ2v) is 5.90. The van der Waals surface area contributed by atoms with Crippen LogP contribution in [0.15, 0.2) is 24.3 Å². The predicted molar refractivity (Wildman–Crippen MR) is 84.1 cm³/mol. The second-order valence-electron chi connectivity index (χ2n) is 5.90. The Kier molecular flexibility index (Phi) is 6.56. The molecule has 0 fully saturated rings. The van der Waals surface area contributed by atoms with Gasteiger partial charge in [-0.25, -0.2) is 4.79 Å². The summed E-state index contributed by atoms with van der Waals surface area (Å²) in [7, 11) is 1.51. The van der Waals surface area contributed by atoms with E-state index in [1.165, 1.54) is 7.11 Å². The quantitative estimate of drug-likeness (QED) is 0.799. The summed E-state index contributed by atoms with van der Waals surface area (Å²) >= 11 is 0. The molecule has 0 aromatic heterocycles. The zero-order valence-electron chi connectivity index (χ0n) is 13.8. The number of amides is 3. The molecule has 0 spiro atoms. The molecular formula is C16H22N2O5. The number of imide groups is 1. The van der Waals surface area contributed by atoms with E-state index in [1.54, 1.807) is 45.0 Å². The maximum atomic E-state index is 11.7. The first-order valence-electron chi connectivity index (χ1n) is 7.11. The third kappa shape index (κ3) is 7.30. The van der Waals surface area contributed by atoms with Gasteiger partial charge in [0.15, 0.2) is 6.61 Å². The average molecular weight is 322 g/mol. The highest BCUT2D eigenvalue weighted by Gasteiger charge is 2.17. The SMILES string of the molecule is COc1ccccc1CC(=O)OCC(=O)NC(=O)NC(C)(C)C. The number of para-hydroxylation sites is 1. The van der Waals surface area contributed by atoms with Crippen LogP contribution in [0.5, 0.6) is 5.75 Å². The Morgan fingerprint density at radius 2 is 1.78 bits per heavy atom. The van der Waals surface area contributed by atoms with Gasteiger partial charge in [-0.05, 0) is 26.8 Å². The topological polar surface area (TPSA) is 93.7 Å². The lowest BCUT2D eigenvalue weighted by Gasteiger charge is -2.20. The van der Waals surface area contributed by atoms with Gasteiger partial charge in [0.2, 0.25) is 0 Å². The van der Waals surface area contributed by atoms with Crippen molar-refractivity contribution >= 4 is 17.9 Å². The van der Waals surface area contributed by atoms with Gasteiger partial charge < -0.3 is 14.8 Å². The molecule has 0 saturated carbocycles. The summed E-state index contributed by atoms with van der Waals surface area (Å²) in [6.07, 6.45) is -0.0223. The second kappa shape index (κ2) is 8.17. The van der Waals surface area contributed by atoms with Crippen LogP contribution in [0.2, 0.25) is 0 Å². The Labute approximate surface area is 135 Å². The molecule has 1 aromatic rings. The lowest BCUT2D eigenvalue weighted by atomic mass is 10.1. The molecule has 1 aromatic carbocycles. The zero-order valence-corrected chi connectivity index (χ0v) is 13.8. The molecule has 0 unspecified atom stereocenters. The van der Waals surface area contributed by atoms with E-state index in [0.717, 1.165) is 0 Å². The Morgan fingerprint density at radius 3 is 2.39 bits per heavy atom. The van der Waals surface area contributed by atoms with Crippen molar-refractivity contribution in [2.45, 2.75) is 32.7 Å². The summed E-state index contributed by atoms with van der Waals surface area (Å²) in [6.45, 7) is 4.82. The lowest BCUT2D eigenvalue weighted by Crippen LogP contribution is -2.49. The molecule has 0 bridgehead atoms. The lowest BCUT2D eigenvalue weighted by molar-refractivity contribution is -0.147. The molecule has 7 nitrogen and oxygen atoms in total. The van der Waals surface area contributed by atoms with Crippen molar-refractivity contribution in [3.05, 3.63) is 29.8 Å². The minimum absolute atomic E-state index is 0.0223. The van der Waals surface area contributed by atoms with Gasteiger partial charge in [-0.2, -0.15) is 0 Å². The number of ether oxygens (including phenoxy) is 2. The Bertz CT molecular complexity index is 578. The van der Waals surface area contributed by atoms with Gasteiger partial charge in [-0.15, -0.1) is 0 Å².